The standard InChI is InChI=1S/C26H29N3O2/c1-20-6-10-23(11-7-20)29(26(30)21-8-12-25(31-2)13-9-21)24-14-17-28(18-15-24)19-22-5-3-4-16-27-22/h3-13,16,24H,14-15,17-19H2,1-2H3. The predicted octanol–water partition coefficient (Wildman–Crippen LogP) is 4.71. The van der Waals surface area contributed by atoms with Crippen LogP contribution in [0.2, 0.25) is 0 Å². The number of piperidine rings is 1. The van der Waals surface area contributed by atoms with Crippen molar-refractivity contribution in [3.8, 4) is 5.75 Å². The van der Waals surface area contributed by atoms with Crippen LogP contribution in [0.5, 0.6) is 5.75 Å². The van der Waals surface area contributed by atoms with Crippen LogP contribution in [0, 0.1) is 6.92 Å². The average molecular weight is 416 g/mol. The Hall–Kier alpha value is -3.18. The van der Waals surface area contributed by atoms with Crippen LogP contribution in [0.1, 0.15) is 34.5 Å². The van der Waals surface area contributed by atoms with E-state index in [1.54, 1.807) is 7.11 Å². The summed E-state index contributed by atoms with van der Waals surface area (Å²) in [6.45, 7) is 4.80. The van der Waals surface area contributed by atoms with E-state index in [0.717, 1.165) is 49.6 Å². The number of likely N-dealkylation sites (tertiary alicyclic amines) is 1. The number of rotatable bonds is 6. The molecule has 0 aliphatic carbocycles. The van der Waals surface area contributed by atoms with E-state index in [4.69, 9.17) is 4.74 Å². The maximum atomic E-state index is 13.6. The minimum atomic E-state index is 0.0367. The van der Waals surface area contributed by atoms with E-state index in [9.17, 15) is 4.79 Å². The number of anilines is 1. The molecule has 0 saturated carbocycles. The van der Waals surface area contributed by atoms with E-state index in [1.165, 1.54) is 5.56 Å². The molecule has 5 nitrogen and oxygen atoms in total. The molecule has 31 heavy (non-hydrogen) atoms. The highest BCUT2D eigenvalue weighted by Gasteiger charge is 2.30. The molecule has 0 radical (unpaired) electrons. The molecule has 0 spiro atoms. The fourth-order valence-electron chi connectivity index (χ4n) is 4.13. The van der Waals surface area contributed by atoms with Gasteiger partial charge in [-0.15, -0.1) is 0 Å². The van der Waals surface area contributed by atoms with Crippen molar-refractivity contribution in [2.75, 3.05) is 25.1 Å². The van der Waals surface area contributed by atoms with Crippen molar-refractivity contribution in [3.05, 3.63) is 89.7 Å². The van der Waals surface area contributed by atoms with E-state index >= 15 is 0 Å². The minimum absolute atomic E-state index is 0.0367. The molecule has 3 aromatic rings. The van der Waals surface area contributed by atoms with Crippen LogP contribution in [0.15, 0.2) is 72.9 Å². The number of nitrogens with zero attached hydrogens (tertiary/aromatic N) is 3. The minimum Gasteiger partial charge on any atom is -0.497 e. The molecule has 160 valence electrons. The van der Waals surface area contributed by atoms with Gasteiger partial charge in [0, 0.05) is 43.1 Å². The molecule has 0 unspecified atom stereocenters. The van der Waals surface area contributed by atoms with Crippen LogP contribution in [0.4, 0.5) is 5.69 Å². The van der Waals surface area contributed by atoms with Crippen LogP contribution in [0.25, 0.3) is 0 Å². The number of aryl methyl sites for hydroxylation is 1. The maximum absolute atomic E-state index is 13.6. The zero-order valence-corrected chi connectivity index (χ0v) is 18.2. The van der Waals surface area contributed by atoms with E-state index in [2.05, 4.69) is 47.1 Å². The van der Waals surface area contributed by atoms with E-state index < -0.39 is 0 Å². The number of hydrogen-bond acceptors (Lipinski definition) is 4. The van der Waals surface area contributed by atoms with Gasteiger partial charge in [-0.1, -0.05) is 23.8 Å². The lowest BCUT2D eigenvalue weighted by molar-refractivity contribution is 0.0958. The summed E-state index contributed by atoms with van der Waals surface area (Å²) >= 11 is 0. The van der Waals surface area contributed by atoms with Crippen molar-refractivity contribution in [1.82, 2.24) is 9.88 Å². The molecule has 0 N–H and O–H groups in total. The molecule has 1 aromatic heterocycles. The molecule has 5 heteroatoms. The Morgan fingerprint density at radius 2 is 1.74 bits per heavy atom. The summed E-state index contributed by atoms with van der Waals surface area (Å²) < 4.78 is 5.25. The van der Waals surface area contributed by atoms with Gasteiger partial charge in [0.25, 0.3) is 5.91 Å². The smallest absolute Gasteiger partial charge is 0.258 e. The lowest BCUT2D eigenvalue weighted by Gasteiger charge is -2.38. The number of carbonyl (C=O) groups is 1. The van der Waals surface area contributed by atoms with Crippen LogP contribution in [-0.2, 0) is 6.54 Å². The van der Waals surface area contributed by atoms with Gasteiger partial charge in [-0.2, -0.15) is 0 Å². The number of hydrogen-bond donors (Lipinski definition) is 0. The van der Waals surface area contributed by atoms with Crippen molar-refractivity contribution >= 4 is 11.6 Å². The average Bonchev–Trinajstić information content (AvgIpc) is 2.82. The molecule has 4 rings (SSSR count). The van der Waals surface area contributed by atoms with E-state index in [1.807, 2.05) is 47.5 Å². The summed E-state index contributed by atoms with van der Waals surface area (Å²) in [5.74, 6) is 0.788. The van der Waals surface area contributed by atoms with Crippen molar-refractivity contribution in [1.29, 1.82) is 0 Å². The Kier molecular flexibility index (Phi) is 6.63. The third-order valence-electron chi connectivity index (χ3n) is 5.90. The molecule has 0 atom stereocenters. The van der Waals surface area contributed by atoms with Crippen LogP contribution in [-0.4, -0.2) is 42.0 Å². The third-order valence-corrected chi connectivity index (χ3v) is 5.90. The van der Waals surface area contributed by atoms with Gasteiger partial charge < -0.3 is 9.64 Å². The number of carbonyl (C=O) groups excluding carboxylic acids is 1. The first kappa shape index (κ1) is 21.1. The number of amides is 1. The van der Waals surface area contributed by atoms with E-state index in [0.29, 0.717) is 5.56 Å². The predicted molar refractivity (Wildman–Crippen MR) is 124 cm³/mol. The van der Waals surface area contributed by atoms with Crippen molar-refractivity contribution in [3.63, 3.8) is 0 Å². The summed E-state index contributed by atoms with van der Waals surface area (Å²) in [5, 5.41) is 0. The summed E-state index contributed by atoms with van der Waals surface area (Å²) in [5.41, 5.74) is 3.91. The molecule has 1 fully saturated rings. The van der Waals surface area contributed by atoms with Gasteiger partial charge in [-0.05, 0) is 68.3 Å². The number of ether oxygens (including phenoxy) is 1. The van der Waals surface area contributed by atoms with Gasteiger partial charge >= 0.3 is 0 Å². The van der Waals surface area contributed by atoms with Gasteiger partial charge in [-0.25, -0.2) is 0 Å². The second-order valence-corrected chi connectivity index (χ2v) is 8.07. The Morgan fingerprint density at radius 1 is 1.03 bits per heavy atom. The monoisotopic (exact) mass is 415 g/mol. The second kappa shape index (κ2) is 9.75. The lowest BCUT2D eigenvalue weighted by atomic mass is 10.00. The molecule has 1 aliphatic rings. The van der Waals surface area contributed by atoms with Gasteiger partial charge in [0.05, 0.1) is 12.8 Å². The molecular weight excluding hydrogens is 386 g/mol. The van der Waals surface area contributed by atoms with Gasteiger partial charge in [-0.3, -0.25) is 14.7 Å². The number of pyridine rings is 1. The quantitative estimate of drug-likeness (QED) is 0.585. The Bertz CT molecular complexity index is 979. The normalized spacial score (nSPS) is 14.9. The number of aromatic nitrogens is 1. The van der Waals surface area contributed by atoms with Crippen molar-refractivity contribution in [2.45, 2.75) is 32.4 Å². The molecule has 0 bridgehead atoms. The van der Waals surface area contributed by atoms with Crippen LogP contribution >= 0.6 is 0 Å². The Balaban J connectivity index is 1.52. The largest absolute Gasteiger partial charge is 0.497 e. The second-order valence-electron chi connectivity index (χ2n) is 8.07. The van der Waals surface area contributed by atoms with Gasteiger partial charge in [0.15, 0.2) is 0 Å². The summed E-state index contributed by atoms with van der Waals surface area (Å²) in [4.78, 5) is 22.4. The first-order chi connectivity index (χ1) is 15.1. The molecular formula is C26H29N3O2. The van der Waals surface area contributed by atoms with Crippen molar-refractivity contribution < 1.29 is 9.53 Å². The van der Waals surface area contributed by atoms with Crippen molar-refractivity contribution in [2.24, 2.45) is 0 Å². The van der Waals surface area contributed by atoms with Gasteiger partial charge in [0.1, 0.15) is 5.75 Å². The zero-order valence-electron chi connectivity index (χ0n) is 18.2. The van der Waals surface area contributed by atoms with E-state index in [-0.39, 0.29) is 11.9 Å². The highest BCUT2D eigenvalue weighted by molar-refractivity contribution is 6.06. The first-order valence-electron chi connectivity index (χ1n) is 10.8. The molecule has 2 aromatic carbocycles. The summed E-state index contributed by atoms with van der Waals surface area (Å²) in [6.07, 6.45) is 3.71. The molecule has 1 saturated heterocycles. The number of benzene rings is 2. The SMILES string of the molecule is COc1ccc(C(=O)N(c2ccc(C)cc2)C2CCN(Cc3ccccn3)CC2)cc1. The molecule has 1 amide bonds. The third kappa shape index (κ3) is 5.12. The lowest BCUT2D eigenvalue weighted by Crippen LogP contribution is -2.47. The topological polar surface area (TPSA) is 45.7 Å². The van der Waals surface area contributed by atoms with Crippen LogP contribution in [0.3, 0.4) is 0 Å². The Labute approximate surface area is 184 Å². The first-order valence-corrected chi connectivity index (χ1v) is 10.8. The summed E-state index contributed by atoms with van der Waals surface area (Å²) in [7, 11) is 1.63. The maximum Gasteiger partial charge on any atom is 0.258 e. The zero-order chi connectivity index (χ0) is 21.6. The highest BCUT2D eigenvalue weighted by Crippen LogP contribution is 2.27. The van der Waals surface area contributed by atoms with Crippen LogP contribution < -0.4 is 9.64 Å². The number of methoxy groups -OCH3 is 1. The fraction of sp³-hybridized carbons (Fsp3) is 0.308. The summed E-state index contributed by atoms with van der Waals surface area (Å²) in [6, 6.07) is 21.8. The molecule has 1 aliphatic heterocycles. The Morgan fingerprint density at radius 3 is 2.35 bits per heavy atom. The van der Waals surface area contributed by atoms with Gasteiger partial charge in [0.2, 0.25) is 0 Å². The molecule has 2 heterocycles. The highest BCUT2D eigenvalue weighted by atomic mass is 16.5. The fourth-order valence-corrected chi connectivity index (χ4v) is 4.13.